The fourth-order valence-electron chi connectivity index (χ4n) is 1.95. The number of hydrogen-bond donors (Lipinski definition) is 2. The van der Waals surface area contributed by atoms with Crippen LogP contribution in [0.25, 0.3) is 11.0 Å². The number of nitrogens with two attached hydrogens (primary N) is 1. The maximum absolute atomic E-state index is 12.2. The van der Waals surface area contributed by atoms with Gasteiger partial charge < -0.3 is 11.1 Å². The molecule has 21 heavy (non-hydrogen) atoms. The Balaban J connectivity index is 1.89. The van der Waals surface area contributed by atoms with E-state index in [9.17, 15) is 4.79 Å². The Kier molecular flexibility index (Phi) is 3.41. The molecule has 2 aromatic carbocycles. The molecule has 0 radical (unpaired) electrons. The van der Waals surface area contributed by atoms with E-state index < -0.39 is 0 Å². The molecule has 0 aliphatic rings. The first-order valence-electron chi connectivity index (χ1n) is 6.20. The molecular weight excluding hydrogens is 288 g/mol. The molecule has 1 amide bonds. The van der Waals surface area contributed by atoms with Crippen molar-refractivity contribution < 1.29 is 4.79 Å². The maximum Gasteiger partial charge on any atom is 0.255 e. The van der Waals surface area contributed by atoms with Crippen LogP contribution in [0.15, 0.2) is 48.8 Å². The third-order valence-electron chi connectivity index (χ3n) is 2.99. The van der Waals surface area contributed by atoms with E-state index in [0.29, 0.717) is 27.5 Å². The smallest absolute Gasteiger partial charge is 0.255 e. The predicted molar refractivity (Wildman–Crippen MR) is 83.4 cm³/mol. The zero-order valence-corrected chi connectivity index (χ0v) is 11.6. The predicted octanol–water partition coefficient (Wildman–Crippen LogP) is 3.12. The van der Waals surface area contributed by atoms with Gasteiger partial charge in [0.05, 0.1) is 22.4 Å². The molecule has 1 aromatic heterocycles. The van der Waals surface area contributed by atoms with E-state index >= 15 is 0 Å². The zero-order valence-electron chi connectivity index (χ0n) is 10.9. The second-order valence-corrected chi connectivity index (χ2v) is 4.88. The minimum absolute atomic E-state index is 0.267. The number of fused-ring (bicyclic) bond motifs is 1. The van der Waals surface area contributed by atoms with E-state index in [-0.39, 0.29) is 5.91 Å². The highest BCUT2D eigenvalue weighted by molar-refractivity contribution is 6.31. The number of halogens is 1. The van der Waals surface area contributed by atoms with Gasteiger partial charge in [0.2, 0.25) is 0 Å². The fourth-order valence-corrected chi connectivity index (χ4v) is 2.13. The summed E-state index contributed by atoms with van der Waals surface area (Å²) < 4.78 is 0. The van der Waals surface area contributed by atoms with Gasteiger partial charge in [-0.2, -0.15) is 0 Å². The van der Waals surface area contributed by atoms with Crippen molar-refractivity contribution in [3.8, 4) is 0 Å². The Morgan fingerprint density at radius 2 is 1.81 bits per heavy atom. The number of nitrogens with zero attached hydrogens (tertiary/aromatic N) is 2. The van der Waals surface area contributed by atoms with Crippen molar-refractivity contribution in [2.75, 3.05) is 11.1 Å². The summed E-state index contributed by atoms with van der Waals surface area (Å²) in [6.07, 6.45) is 3.19. The monoisotopic (exact) mass is 298 g/mol. The minimum atomic E-state index is -0.267. The zero-order chi connectivity index (χ0) is 14.8. The standard InChI is InChI=1S/C15H11ClN4O/c16-10-2-4-12(11(17)8-10)20-15(21)9-1-3-13-14(7-9)19-6-5-18-13/h1-8H,17H2,(H,20,21). The molecule has 6 heteroatoms. The third kappa shape index (κ3) is 2.78. The van der Waals surface area contributed by atoms with Crippen LogP contribution in [0, 0.1) is 0 Å². The molecule has 3 N–H and O–H groups in total. The molecular formula is C15H11ClN4O. The number of nitrogen functional groups attached to an aromatic ring is 1. The highest BCUT2D eigenvalue weighted by Gasteiger charge is 2.09. The van der Waals surface area contributed by atoms with Crippen LogP contribution in [0.2, 0.25) is 5.02 Å². The quantitative estimate of drug-likeness (QED) is 0.712. The number of hydrogen-bond acceptors (Lipinski definition) is 4. The van der Waals surface area contributed by atoms with Gasteiger partial charge in [-0.1, -0.05) is 11.6 Å². The van der Waals surface area contributed by atoms with E-state index in [1.807, 2.05) is 0 Å². The number of carbonyl (C=O) groups excluding carboxylic acids is 1. The Morgan fingerprint density at radius 1 is 1.05 bits per heavy atom. The van der Waals surface area contributed by atoms with Crippen LogP contribution in [0.3, 0.4) is 0 Å². The van der Waals surface area contributed by atoms with Gasteiger partial charge in [0.25, 0.3) is 5.91 Å². The number of rotatable bonds is 2. The summed E-state index contributed by atoms with van der Waals surface area (Å²) in [6.45, 7) is 0. The minimum Gasteiger partial charge on any atom is -0.397 e. The molecule has 1 heterocycles. The van der Waals surface area contributed by atoms with Gasteiger partial charge in [0.15, 0.2) is 0 Å². The van der Waals surface area contributed by atoms with Gasteiger partial charge >= 0.3 is 0 Å². The number of carbonyl (C=O) groups is 1. The molecule has 0 saturated heterocycles. The number of nitrogens with one attached hydrogen (secondary N) is 1. The van der Waals surface area contributed by atoms with Crippen molar-refractivity contribution in [1.82, 2.24) is 9.97 Å². The SMILES string of the molecule is Nc1cc(Cl)ccc1NC(=O)c1ccc2nccnc2c1. The highest BCUT2D eigenvalue weighted by atomic mass is 35.5. The highest BCUT2D eigenvalue weighted by Crippen LogP contribution is 2.23. The first-order chi connectivity index (χ1) is 10.1. The summed E-state index contributed by atoms with van der Waals surface area (Å²) in [4.78, 5) is 20.6. The Hall–Kier alpha value is -2.66. The summed E-state index contributed by atoms with van der Waals surface area (Å²) in [7, 11) is 0. The lowest BCUT2D eigenvalue weighted by molar-refractivity contribution is 0.102. The van der Waals surface area contributed by atoms with Crippen LogP contribution in [0.5, 0.6) is 0 Å². The summed E-state index contributed by atoms with van der Waals surface area (Å²) in [5, 5.41) is 3.27. The van der Waals surface area contributed by atoms with Crippen molar-refractivity contribution in [3.63, 3.8) is 0 Å². The number of benzene rings is 2. The van der Waals surface area contributed by atoms with Crippen molar-refractivity contribution >= 4 is 39.9 Å². The van der Waals surface area contributed by atoms with E-state index in [0.717, 1.165) is 5.52 Å². The summed E-state index contributed by atoms with van der Waals surface area (Å²) >= 11 is 5.83. The lowest BCUT2D eigenvalue weighted by atomic mass is 10.1. The van der Waals surface area contributed by atoms with Gasteiger partial charge in [0.1, 0.15) is 0 Å². The molecule has 0 aliphatic heterocycles. The topological polar surface area (TPSA) is 80.9 Å². The Labute approximate surface area is 125 Å². The lowest BCUT2D eigenvalue weighted by Crippen LogP contribution is -2.13. The van der Waals surface area contributed by atoms with Crippen LogP contribution < -0.4 is 11.1 Å². The molecule has 104 valence electrons. The lowest BCUT2D eigenvalue weighted by Gasteiger charge is -2.08. The first kappa shape index (κ1) is 13.3. The summed E-state index contributed by atoms with van der Waals surface area (Å²) in [5.74, 6) is -0.267. The van der Waals surface area contributed by atoms with Gasteiger partial charge in [0, 0.05) is 23.0 Å². The molecule has 0 atom stereocenters. The largest absolute Gasteiger partial charge is 0.397 e. The second kappa shape index (κ2) is 5.38. The fraction of sp³-hybridized carbons (Fsp3) is 0. The Morgan fingerprint density at radius 3 is 2.57 bits per heavy atom. The number of aromatic nitrogens is 2. The van der Waals surface area contributed by atoms with Crippen LogP contribution in [-0.2, 0) is 0 Å². The van der Waals surface area contributed by atoms with Crippen molar-refractivity contribution in [2.45, 2.75) is 0 Å². The Bertz CT molecular complexity index is 835. The van der Waals surface area contributed by atoms with Crippen LogP contribution in [0.1, 0.15) is 10.4 Å². The van der Waals surface area contributed by atoms with Gasteiger partial charge in [-0.3, -0.25) is 14.8 Å². The van der Waals surface area contributed by atoms with Crippen LogP contribution in [-0.4, -0.2) is 15.9 Å². The molecule has 3 aromatic rings. The average Bonchev–Trinajstić information content (AvgIpc) is 2.49. The molecule has 0 saturated carbocycles. The van der Waals surface area contributed by atoms with E-state index in [2.05, 4.69) is 15.3 Å². The van der Waals surface area contributed by atoms with E-state index in [1.165, 1.54) is 0 Å². The summed E-state index contributed by atoms with van der Waals surface area (Å²) in [5.41, 5.74) is 8.63. The van der Waals surface area contributed by atoms with E-state index in [1.54, 1.807) is 48.8 Å². The van der Waals surface area contributed by atoms with Crippen LogP contribution >= 0.6 is 11.6 Å². The molecule has 0 bridgehead atoms. The number of amides is 1. The third-order valence-corrected chi connectivity index (χ3v) is 3.23. The second-order valence-electron chi connectivity index (χ2n) is 4.45. The normalized spacial score (nSPS) is 10.5. The molecule has 0 fully saturated rings. The first-order valence-corrected chi connectivity index (χ1v) is 6.58. The molecule has 0 unspecified atom stereocenters. The van der Waals surface area contributed by atoms with Gasteiger partial charge in [-0.15, -0.1) is 0 Å². The van der Waals surface area contributed by atoms with Crippen molar-refractivity contribution in [2.24, 2.45) is 0 Å². The molecule has 0 aliphatic carbocycles. The van der Waals surface area contributed by atoms with Crippen LogP contribution in [0.4, 0.5) is 11.4 Å². The molecule has 3 rings (SSSR count). The van der Waals surface area contributed by atoms with E-state index in [4.69, 9.17) is 17.3 Å². The molecule has 0 spiro atoms. The summed E-state index contributed by atoms with van der Waals surface area (Å²) in [6, 6.07) is 10.0. The van der Waals surface area contributed by atoms with Gasteiger partial charge in [-0.05, 0) is 36.4 Å². The van der Waals surface area contributed by atoms with Crippen molar-refractivity contribution in [3.05, 3.63) is 59.4 Å². The molecule has 5 nitrogen and oxygen atoms in total. The van der Waals surface area contributed by atoms with Crippen molar-refractivity contribution in [1.29, 1.82) is 0 Å². The van der Waals surface area contributed by atoms with Gasteiger partial charge in [-0.25, -0.2) is 0 Å². The average molecular weight is 299 g/mol. The maximum atomic E-state index is 12.2. The number of anilines is 2.